The molecule has 0 aromatic heterocycles. The Morgan fingerprint density at radius 3 is 2.37 bits per heavy atom. The maximum atomic E-state index is 12.0. The Labute approximate surface area is 158 Å². The van der Waals surface area contributed by atoms with Crippen molar-refractivity contribution in [3.05, 3.63) is 90.0 Å². The third-order valence-electron chi connectivity index (χ3n) is 3.89. The summed E-state index contributed by atoms with van der Waals surface area (Å²) in [5, 5.41) is 14.7. The Bertz CT molecular complexity index is 932. The van der Waals surface area contributed by atoms with Crippen molar-refractivity contribution in [1.82, 2.24) is 5.32 Å². The second kappa shape index (κ2) is 9.07. The molecule has 2 N–H and O–H groups in total. The molecular formula is C22H19N3O2. The van der Waals surface area contributed by atoms with Crippen molar-refractivity contribution in [2.45, 2.75) is 6.42 Å². The summed E-state index contributed by atoms with van der Waals surface area (Å²) >= 11 is 0. The minimum Gasteiger partial charge on any atom is -0.456 e. The highest BCUT2D eigenvalue weighted by molar-refractivity contribution is 5.89. The molecule has 0 atom stereocenters. The molecule has 5 nitrogen and oxygen atoms in total. The molecule has 0 aliphatic heterocycles. The van der Waals surface area contributed by atoms with Gasteiger partial charge >= 0.3 is 6.03 Å². The summed E-state index contributed by atoms with van der Waals surface area (Å²) in [7, 11) is 0. The van der Waals surface area contributed by atoms with E-state index in [0.29, 0.717) is 29.3 Å². The number of carbonyl (C=O) groups is 1. The van der Waals surface area contributed by atoms with Crippen LogP contribution in [-0.4, -0.2) is 12.6 Å². The lowest BCUT2D eigenvalue weighted by Crippen LogP contribution is -2.30. The molecule has 0 heterocycles. The average molecular weight is 357 g/mol. The van der Waals surface area contributed by atoms with E-state index in [2.05, 4.69) is 16.7 Å². The molecule has 0 saturated heterocycles. The van der Waals surface area contributed by atoms with Gasteiger partial charge in [0.1, 0.15) is 17.6 Å². The molecule has 0 aliphatic rings. The molecule has 5 heteroatoms. The number of nitriles is 1. The number of amides is 2. The van der Waals surface area contributed by atoms with Gasteiger partial charge in [-0.05, 0) is 48.4 Å². The van der Waals surface area contributed by atoms with Gasteiger partial charge in [-0.1, -0.05) is 42.5 Å². The maximum Gasteiger partial charge on any atom is 0.319 e. The summed E-state index contributed by atoms with van der Waals surface area (Å²) in [5.41, 5.74) is 2.31. The molecule has 3 aromatic carbocycles. The first-order valence-corrected chi connectivity index (χ1v) is 8.60. The van der Waals surface area contributed by atoms with Crippen LogP contribution in [0.3, 0.4) is 0 Å². The summed E-state index contributed by atoms with van der Waals surface area (Å²) in [4.78, 5) is 12.0. The third-order valence-corrected chi connectivity index (χ3v) is 3.89. The summed E-state index contributed by atoms with van der Waals surface area (Å²) in [5.74, 6) is 1.09. The number of nitrogens with one attached hydrogen (secondary N) is 2. The molecule has 134 valence electrons. The van der Waals surface area contributed by atoms with Gasteiger partial charge in [-0.15, -0.1) is 0 Å². The Kier molecular flexibility index (Phi) is 6.05. The number of benzene rings is 3. The van der Waals surface area contributed by atoms with E-state index in [0.717, 1.165) is 6.42 Å². The minimum absolute atomic E-state index is 0.255. The predicted molar refractivity (Wildman–Crippen MR) is 105 cm³/mol. The fourth-order valence-electron chi connectivity index (χ4n) is 2.52. The van der Waals surface area contributed by atoms with Gasteiger partial charge in [0.2, 0.25) is 0 Å². The average Bonchev–Trinajstić information content (AvgIpc) is 2.71. The van der Waals surface area contributed by atoms with E-state index in [1.807, 2.05) is 36.4 Å². The van der Waals surface area contributed by atoms with E-state index >= 15 is 0 Å². The number of anilines is 1. The van der Waals surface area contributed by atoms with Crippen LogP contribution >= 0.6 is 0 Å². The van der Waals surface area contributed by atoms with Crippen molar-refractivity contribution < 1.29 is 9.53 Å². The monoisotopic (exact) mass is 357 g/mol. The van der Waals surface area contributed by atoms with Gasteiger partial charge in [-0.25, -0.2) is 4.79 Å². The van der Waals surface area contributed by atoms with Crippen LogP contribution in [0, 0.1) is 11.3 Å². The fraction of sp³-hybridized carbons (Fsp3) is 0.0909. The highest BCUT2D eigenvalue weighted by atomic mass is 16.5. The number of nitrogens with zero attached hydrogens (tertiary/aromatic N) is 1. The second-order valence-electron chi connectivity index (χ2n) is 5.85. The molecular weight excluding hydrogens is 338 g/mol. The van der Waals surface area contributed by atoms with Crippen LogP contribution in [0.25, 0.3) is 0 Å². The van der Waals surface area contributed by atoms with Gasteiger partial charge in [0.05, 0.1) is 5.56 Å². The normalized spacial score (nSPS) is 9.89. The van der Waals surface area contributed by atoms with E-state index < -0.39 is 0 Å². The number of hydrogen-bond donors (Lipinski definition) is 2. The lowest BCUT2D eigenvalue weighted by molar-refractivity contribution is 0.252. The van der Waals surface area contributed by atoms with E-state index in [9.17, 15) is 4.79 Å². The van der Waals surface area contributed by atoms with Crippen LogP contribution in [0.2, 0.25) is 0 Å². The van der Waals surface area contributed by atoms with E-state index in [1.165, 1.54) is 5.56 Å². The molecule has 3 rings (SSSR count). The molecule has 0 bridgehead atoms. The zero-order valence-electron chi connectivity index (χ0n) is 14.7. The fourth-order valence-corrected chi connectivity index (χ4v) is 2.52. The molecule has 0 aliphatic carbocycles. The number of ether oxygens (including phenoxy) is 1. The van der Waals surface area contributed by atoms with Crippen LogP contribution in [-0.2, 0) is 6.42 Å². The molecule has 0 radical (unpaired) electrons. The smallest absolute Gasteiger partial charge is 0.319 e. The van der Waals surface area contributed by atoms with Crippen molar-refractivity contribution in [2.24, 2.45) is 0 Å². The molecule has 0 unspecified atom stereocenters. The topological polar surface area (TPSA) is 74.1 Å². The predicted octanol–water partition coefficient (Wildman–Crippen LogP) is 4.71. The molecule has 3 aromatic rings. The van der Waals surface area contributed by atoms with Gasteiger partial charge in [-0.2, -0.15) is 5.26 Å². The maximum absolute atomic E-state index is 12.0. The van der Waals surface area contributed by atoms with Gasteiger partial charge < -0.3 is 15.4 Å². The van der Waals surface area contributed by atoms with Gasteiger partial charge in [0, 0.05) is 12.2 Å². The van der Waals surface area contributed by atoms with Crippen LogP contribution < -0.4 is 15.4 Å². The third kappa shape index (κ3) is 5.35. The Hall–Kier alpha value is -3.78. The largest absolute Gasteiger partial charge is 0.456 e. The Balaban J connectivity index is 1.50. The zero-order chi connectivity index (χ0) is 18.9. The first-order chi connectivity index (χ1) is 13.2. The van der Waals surface area contributed by atoms with Gasteiger partial charge in [0.25, 0.3) is 0 Å². The molecule has 2 amide bonds. The number of carbonyl (C=O) groups excluding carboxylic acids is 1. The van der Waals surface area contributed by atoms with Crippen molar-refractivity contribution in [3.8, 4) is 17.6 Å². The first-order valence-electron chi connectivity index (χ1n) is 8.60. The van der Waals surface area contributed by atoms with Crippen molar-refractivity contribution in [1.29, 1.82) is 5.26 Å². The second-order valence-corrected chi connectivity index (χ2v) is 5.85. The van der Waals surface area contributed by atoms with E-state index in [-0.39, 0.29) is 6.03 Å². The van der Waals surface area contributed by atoms with E-state index in [1.54, 1.807) is 42.5 Å². The Morgan fingerprint density at radius 1 is 0.926 bits per heavy atom. The highest BCUT2D eigenvalue weighted by Crippen LogP contribution is 2.25. The quantitative estimate of drug-likeness (QED) is 0.671. The van der Waals surface area contributed by atoms with Crippen LogP contribution in [0.1, 0.15) is 11.1 Å². The van der Waals surface area contributed by atoms with Gasteiger partial charge in [0.15, 0.2) is 0 Å². The zero-order valence-corrected chi connectivity index (χ0v) is 14.7. The van der Waals surface area contributed by atoms with Crippen LogP contribution in [0.5, 0.6) is 11.5 Å². The van der Waals surface area contributed by atoms with Crippen molar-refractivity contribution >= 4 is 11.7 Å². The lowest BCUT2D eigenvalue weighted by atomic mass is 10.1. The number of hydrogen-bond acceptors (Lipinski definition) is 3. The SMILES string of the molecule is N#Cc1ccccc1Oc1ccc(NC(=O)NCCc2ccccc2)cc1. The molecule has 0 saturated carbocycles. The van der Waals surface area contributed by atoms with Crippen LogP contribution in [0.4, 0.5) is 10.5 Å². The van der Waals surface area contributed by atoms with E-state index in [4.69, 9.17) is 10.00 Å². The minimum atomic E-state index is -0.255. The van der Waals surface area contributed by atoms with Gasteiger partial charge in [-0.3, -0.25) is 0 Å². The standard InChI is InChI=1S/C22H19N3O2/c23-16-18-8-4-5-9-21(18)27-20-12-10-19(11-13-20)25-22(26)24-15-14-17-6-2-1-3-7-17/h1-13H,14-15H2,(H2,24,25,26). The number of rotatable bonds is 6. The lowest BCUT2D eigenvalue weighted by Gasteiger charge is -2.10. The number of para-hydroxylation sites is 1. The molecule has 0 fully saturated rings. The summed E-state index contributed by atoms with van der Waals surface area (Å²) in [6, 6.07) is 25.9. The first kappa shape index (κ1) is 18.0. The number of urea groups is 1. The summed E-state index contributed by atoms with van der Waals surface area (Å²) < 4.78 is 5.72. The van der Waals surface area contributed by atoms with Crippen LogP contribution in [0.15, 0.2) is 78.9 Å². The Morgan fingerprint density at radius 2 is 1.63 bits per heavy atom. The van der Waals surface area contributed by atoms with Crippen molar-refractivity contribution in [2.75, 3.05) is 11.9 Å². The summed E-state index contributed by atoms with van der Waals surface area (Å²) in [6.45, 7) is 0.558. The molecule has 27 heavy (non-hydrogen) atoms. The summed E-state index contributed by atoms with van der Waals surface area (Å²) in [6.07, 6.45) is 0.777. The molecule has 0 spiro atoms. The highest BCUT2D eigenvalue weighted by Gasteiger charge is 2.05. The van der Waals surface area contributed by atoms with Crippen molar-refractivity contribution in [3.63, 3.8) is 0 Å².